The average molecular weight is 289 g/mol. The Kier molecular flexibility index (Phi) is 4.51. The molecule has 3 nitrogen and oxygen atoms in total. The number of hydrogen-bond donors (Lipinski definition) is 1. The fourth-order valence-corrected chi connectivity index (χ4v) is 3.60. The van der Waals surface area contributed by atoms with Crippen molar-refractivity contribution in [3.05, 3.63) is 29.8 Å². The summed E-state index contributed by atoms with van der Waals surface area (Å²) >= 11 is 0. The highest BCUT2D eigenvalue weighted by atomic mass is 16.5. The van der Waals surface area contributed by atoms with Crippen molar-refractivity contribution < 1.29 is 9.47 Å². The first-order chi connectivity index (χ1) is 10.2. The number of para-hydroxylation sites is 1. The van der Waals surface area contributed by atoms with Gasteiger partial charge in [-0.1, -0.05) is 25.1 Å². The van der Waals surface area contributed by atoms with Crippen LogP contribution < -0.4 is 10.1 Å². The minimum absolute atomic E-state index is 0.345. The predicted octanol–water partition coefficient (Wildman–Crippen LogP) is 3.03. The van der Waals surface area contributed by atoms with Gasteiger partial charge in [0.15, 0.2) is 0 Å². The third-order valence-corrected chi connectivity index (χ3v) is 4.98. The van der Waals surface area contributed by atoms with Crippen molar-refractivity contribution in [1.29, 1.82) is 0 Å². The molecule has 1 aromatic rings. The first kappa shape index (κ1) is 14.9. The second kappa shape index (κ2) is 6.37. The fourth-order valence-electron chi connectivity index (χ4n) is 3.60. The summed E-state index contributed by atoms with van der Waals surface area (Å²) < 4.78 is 11.3. The summed E-state index contributed by atoms with van der Waals surface area (Å²) in [6.07, 6.45) is 5.31. The van der Waals surface area contributed by atoms with E-state index in [9.17, 15) is 0 Å². The van der Waals surface area contributed by atoms with Crippen LogP contribution in [0.4, 0.5) is 0 Å². The lowest BCUT2D eigenvalue weighted by atomic mass is 9.78. The number of benzene rings is 1. The van der Waals surface area contributed by atoms with Crippen molar-refractivity contribution in [3.8, 4) is 5.75 Å². The molecule has 3 heteroatoms. The van der Waals surface area contributed by atoms with Gasteiger partial charge in [-0.3, -0.25) is 0 Å². The van der Waals surface area contributed by atoms with E-state index in [1.54, 1.807) is 7.11 Å². The first-order valence-corrected chi connectivity index (χ1v) is 8.15. The Labute approximate surface area is 128 Å². The molecule has 21 heavy (non-hydrogen) atoms. The van der Waals surface area contributed by atoms with Gasteiger partial charge >= 0.3 is 0 Å². The summed E-state index contributed by atoms with van der Waals surface area (Å²) in [5, 5.41) is 3.56. The Morgan fingerprint density at radius 1 is 1.33 bits per heavy atom. The second-order valence-corrected chi connectivity index (χ2v) is 6.85. The smallest absolute Gasteiger partial charge is 0.123 e. The lowest BCUT2D eigenvalue weighted by Gasteiger charge is -2.32. The molecule has 3 rings (SSSR count). The molecule has 0 bridgehead atoms. The minimum Gasteiger partial charge on any atom is -0.490 e. The maximum atomic E-state index is 6.16. The Hall–Kier alpha value is -1.06. The summed E-state index contributed by atoms with van der Waals surface area (Å²) in [6.45, 7) is 5.21. The van der Waals surface area contributed by atoms with Crippen LogP contribution in [0.2, 0.25) is 0 Å². The molecule has 1 aliphatic heterocycles. The highest BCUT2D eigenvalue weighted by Gasteiger charge is 2.43. The van der Waals surface area contributed by atoms with Crippen molar-refractivity contribution in [2.24, 2.45) is 11.3 Å². The molecule has 2 unspecified atom stereocenters. The Balaban J connectivity index is 1.56. The molecule has 0 radical (unpaired) electrons. The van der Waals surface area contributed by atoms with Crippen LogP contribution in [0.3, 0.4) is 0 Å². The van der Waals surface area contributed by atoms with Crippen molar-refractivity contribution in [3.63, 3.8) is 0 Å². The summed E-state index contributed by atoms with van der Waals surface area (Å²) in [4.78, 5) is 0. The van der Waals surface area contributed by atoms with Crippen LogP contribution >= 0.6 is 0 Å². The Morgan fingerprint density at radius 2 is 2.14 bits per heavy atom. The molecule has 1 heterocycles. The number of ether oxygens (including phenoxy) is 2. The van der Waals surface area contributed by atoms with Crippen LogP contribution in [0.25, 0.3) is 0 Å². The summed E-state index contributed by atoms with van der Waals surface area (Å²) in [5.41, 5.74) is 1.72. The molecule has 1 aromatic carbocycles. The molecule has 1 aliphatic carbocycles. The number of fused-ring (bicyclic) bond motifs is 1. The van der Waals surface area contributed by atoms with Crippen molar-refractivity contribution in [2.75, 3.05) is 26.8 Å². The van der Waals surface area contributed by atoms with Crippen molar-refractivity contribution in [1.82, 2.24) is 5.32 Å². The van der Waals surface area contributed by atoms with Gasteiger partial charge in [-0.05, 0) is 42.2 Å². The molecule has 0 aromatic heterocycles. The van der Waals surface area contributed by atoms with Gasteiger partial charge in [0.25, 0.3) is 0 Å². The zero-order valence-electron chi connectivity index (χ0n) is 13.2. The number of methoxy groups -OCH3 is 1. The van der Waals surface area contributed by atoms with Gasteiger partial charge in [0.05, 0.1) is 6.61 Å². The standard InChI is InChI=1S/C18H27NO2/c1-18(15-7-8-15,13-19-9-10-20-2)12-16-11-14-5-3-4-6-17(14)21-16/h3-6,15-16,19H,7-13H2,1-2H3. The Morgan fingerprint density at radius 3 is 2.86 bits per heavy atom. The van der Waals surface area contributed by atoms with Crippen LogP contribution in [-0.2, 0) is 11.2 Å². The van der Waals surface area contributed by atoms with E-state index in [1.165, 1.54) is 18.4 Å². The number of rotatable bonds is 8. The lowest BCUT2D eigenvalue weighted by Crippen LogP contribution is -2.38. The lowest BCUT2D eigenvalue weighted by molar-refractivity contribution is 0.122. The predicted molar refractivity (Wildman–Crippen MR) is 84.8 cm³/mol. The third-order valence-electron chi connectivity index (χ3n) is 4.98. The molecular weight excluding hydrogens is 262 g/mol. The Bertz CT molecular complexity index is 447. The van der Waals surface area contributed by atoms with E-state index in [-0.39, 0.29) is 0 Å². The van der Waals surface area contributed by atoms with Crippen LogP contribution in [0.1, 0.15) is 31.7 Å². The summed E-state index contributed by atoms with van der Waals surface area (Å²) in [6, 6.07) is 8.46. The monoisotopic (exact) mass is 289 g/mol. The zero-order chi connectivity index (χ0) is 14.7. The highest BCUT2D eigenvalue weighted by molar-refractivity contribution is 5.37. The van der Waals surface area contributed by atoms with Gasteiger partial charge in [-0.15, -0.1) is 0 Å². The van der Waals surface area contributed by atoms with Gasteiger partial charge in [0, 0.05) is 26.6 Å². The van der Waals surface area contributed by atoms with Gasteiger partial charge in [0.2, 0.25) is 0 Å². The van der Waals surface area contributed by atoms with Gasteiger partial charge in [-0.2, -0.15) is 0 Å². The molecule has 2 atom stereocenters. The summed E-state index contributed by atoms with van der Waals surface area (Å²) in [5.74, 6) is 1.95. The SMILES string of the molecule is COCCNCC(C)(CC1Cc2ccccc2O1)C1CC1. The quantitative estimate of drug-likeness (QED) is 0.746. The topological polar surface area (TPSA) is 30.5 Å². The zero-order valence-corrected chi connectivity index (χ0v) is 13.2. The van der Waals surface area contributed by atoms with Crippen LogP contribution in [0.15, 0.2) is 24.3 Å². The van der Waals surface area contributed by atoms with Gasteiger partial charge in [0.1, 0.15) is 11.9 Å². The van der Waals surface area contributed by atoms with E-state index < -0.39 is 0 Å². The van der Waals surface area contributed by atoms with Crippen molar-refractivity contribution >= 4 is 0 Å². The van der Waals surface area contributed by atoms with Crippen LogP contribution in [-0.4, -0.2) is 32.9 Å². The average Bonchev–Trinajstić information content (AvgIpc) is 3.25. The van der Waals surface area contributed by atoms with E-state index in [0.29, 0.717) is 11.5 Å². The van der Waals surface area contributed by atoms with Crippen molar-refractivity contribution in [2.45, 2.75) is 38.7 Å². The number of hydrogen-bond acceptors (Lipinski definition) is 3. The first-order valence-electron chi connectivity index (χ1n) is 8.15. The maximum absolute atomic E-state index is 6.16. The normalized spacial score (nSPS) is 23.4. The van der Waals surface area contributed by atoms with E-state index in [0.717, 1.165) is 44.2 Å². The fraction of sp³-hybridized carbons (Fsp3) is 0.667. The van der Waals surface area contributed by atoms with E-state index in [1.807, 2.05) is 0 Å². The van der Waals surface area contributed by atoms with E-state index in [2.05, 4.69) is 36.5 Å². The minimum atomic E-state index is 0.345. The largest absolute Gasteiger partial charge is 0.490 e. The van der Waals surface area contributed by atoms with E-state index >= 15 is 0 Å². The van der Waals surface area contributed by atoms with Gasteiger partial charge < -0.3 is 14.8 Å². The van der Waals surface area contributed by atoms with E-state index in [4.69, 9.17) is 9.47 Å². The summed E-state index contributed by atoms with van der Waals surface area (Å²) in [7, 11) is 1.76. The molecule has 2 aliphatic rings. The third kappa shape index (κ3) is 3.58. The molecule has 0 amide bonds. The van der Waals surface area contributed by atoms with Crippen LogP contribution in [0, 0.1) is 11.3 Å². The molecule has 0 saturated heterocycles. The van der Waals surface area contributed by atoms with Crippen LogP contribution in [0.5, 0.6) is 5.75 Å². The molecule has 116 valence electrons. The molecular formula is C18H27NO2. The maximum Gasteiger partial charge on any atom is 0.123 e. The van der Waals surface area contributed by atoms with Gasteiger partial charge in [-0.25, -0.2) is 0 Å². The molecule has 1 fully saturated rings. The second-order valence-electron chi connectivity index (χ2n) is 6.85. The molecule has 1 N–H and O–H groups in total. The highest BCUT2D eigenvalue weighted by Crippen LogP contribution is 2.49. The number of nitrogens with one attached hydrogen (secondary N) is 1. The molecule has 1 saturated carbocycles. The molecule has 0 spiro atoms.